The van der Waals surface area contributed by atoms with Crippen molar-refractivity contribution in [2.75, 3.05) is 5.73 Å². The molecule has 5 rings (SSSR count). The molecule has 0 spiro atoms. The van der Waals surface area contributed by atoms with Crippen LogP contribution in [0, 0.1) is 0 Å². The van der Waals surface area contributed by atoms with Crippen LogP contribution in [0.25, 0.3) is 11.1 Å². The third-order valence-electron chi connectivity index (χ3n) is 7.11. The minimum atomic E-state index is -0.410. The molecule has 1 nitrogen and oxygen atoms in total. The lowest BCUT2D eigenvalue weighted by molar-refractivity contribution is 0.666. The Balaban J connectivity index is 1.72. The van der Waals surface area contributed by atoms with Crippen LogP contribution in [-0.4, -0.2) is 0 Å². The number of rotatable bonds is 7. The third-order valence-corrected chi connectivity index (χ3v) is 8.10. The highest BCUT2D eigenvalue weighted by Gasteiger charge is 2.46. The van der Waals surface area contributed by atoms with Gasteiger partial charge in [-0.05, 0) is 88.2 Å². The average molecular weight is 575 g/mol. The van der Waals surface area contributed by atoms with Gasteiger partial charge in [-0.1, -0.05) is 107 Å². The average Bonchev–Trinajstić information content (AvgIpc) is 3.12. The Morgan fingerprint density at radius 1 is 0.647 bits per heavy atom. The summed E-state index contributed by atoms with van der Waals surface area (Å²) in [6, 6.07) is 31.1. The Morgan fingerprint density at radius 3 is 1.71 bits per heavy atom. The summed E-state index contributed by atoms with van der Waals surface area (Å²) in [6.45, 7) is 2.26. The van der Waals surface area contributed by atoms with Crippen LogP contribution in [-0.2, 0) is 11.8 Å². The molecule has 0 unspecified atom stereocenters. The van der Waals surface area contributed by atoms with E-state index in [1.165, 1.54) is 64.6 Å². The van der Waals surface area contributed by atoms with Crippen LogP contribution >= 0.6 is 31.9 Å². The number of fused-ring (bicyclic) bond motifs is 3. The first kappa shape index (κ1) is 23.4. The van der Waals surface area contributed by atoms with Crippen LogP contribution in [0.4, 0.5) is 5.69 Å². The summed E-state index contributed by atoms with van der Waals surface area (Å²) in [6.07, 6.45) is 6.28. The number of hydrogen-bond acceptors (Lipinski definition) is 1. The maximum atomic E-state index is 6.12. The molecule has 4 aromatic carbocycles. The van der Waals surface area contributed by atoms with E-state index in [0.29, 0.717) is 0 Å². The smallest absolute Gasteiger partial charge is 0.0714 e. The highest BCUT2D eigenvalue weighted by atomic mass is 79.9. The summed E-state index contributed by atoms with van der Waals surface area (Å²) < 4.78 is 2.18. The normalized spacial score (nSPS) is 13.5. The number of hydrogen-bond donors (Lipinski definition) is 1. The van der Waals surface area contributed by atoms with E-state index in [2.05, 4.69) is 112 Å². The van der Waals surface area contributed by atoms with Crippen LogP contribution in [0.5, 0.6) is 0 Å². The van der Waals surface area contributed by atoms with Crippen molar-refractivity contribution in [2.24, 2.45) is 0 Å². The molecule has 3 heteroatoms. The van der Waals surface area contributed by atoms with Gasteiger partial charge in [0, 0.05) is 14.6 Å². The van der Waals surface area contributed by atoms with Crippen molar-refractivity contribution in [3.05, 3.63) is 122 Å². The molecule has 0 radical (unpaired) electrons. The van der Waals surface area contributed by atoms with Crippen molar-refractivity contribution >= 4 is 37.5 Å². The monoisotopic (exact) mass is 573 g/mol. The van der Waals surface area contributed by atoms with Crippen LogP contribution < -0.4 is 5.73 Å². The van der Waals surface area contributed by atoms with Gasteiger partial charge in [0.25, 0.3) is 0 Å². The molecule has 4 aromatic rings. The summed E-state index contributed by atoms with van der Waals surface area (Å²) in [5, 5.41) is 0. The van der Waals surface area contributed by atoms with Crippen LogP contribution in [0.15, 0.2) is 93.9 Å². The summed E-state index contributed by atoms with van der Waals surface area (Å²) >= 11 is 7.51. The van der Waals surface area contributed by atoms with E-state index >= 15 is 0 Å². The molecule has 0 amide bonds. The minimum Gasteiger partial charge on any atom is -0.399 e. The van der Waals surface area contributed by atoms with Crippen molar-refractivity contribution in [3.63, 3.8) is 0 Å². The van der Waals surface area contributed by atoms with Crippen molar-refractivity contribution in [2.45, 2.75) is 44.4 Å². The molecule has 0 aliphatic heterocycles. The molecular weight excluding hydrogens is 546 g/mol. The van der Waals surface area contributed by atoms with Gasteiger partial charge >= 0.3 is 0 Å². The topological polar surface area (TPSA) is 26.0 Å². The second-order valence-corrected chi connectivity index (χ2v) is 11.1. The van der Waals surface area contributed by atoms with E-state index in [0.717, 1.165) is 21.1 Å². The van der Waals surface area contributed by atoms with Crippen molar-refractivity contribution in [1.82, 2.24) is 0 Å². The fourth-order valence-electron chi connectivity index (χ4n) is 5.47. The minimum absolute atomic E-state index is 0.410. The van der Waals surface area contributed by atoms with Crippen LogP contribution in [0.1, 0.15) is 60.4 Å². The van der Waals surface area contributed by atoms with Gasteiger partial charge in [-0.3, -0.25) is 0 Å². The van der Waals surface area contributed by atoms with E-state index in [-0.39, 0.29) is 0 Å². The van der Waals surface area contributed by atoms with Gasteiger partial charge in [-0.2, -0.15) is 0 Å². The Bertz CT molecular complexity index is 1260. The number of nitrogens with two attached hydrogens (primary N) is 1. The Hall–Kier alpha value is -2.36. The van der Waals surface area contributed by atoms with E-state index in [9.17, 15) is 0 Å². The van der Waals surface area contributed by atoms with Crippen LogP contribution in [0.2, 0.25) is 0 Å². The molecule has 1 aliphatic carbocycles. The Morgan fingerprint density at radius 2 is 1.18 bits per heavy atom. The molecule has 34 heavy (non-hydrogen) atoms. The highest BCUT2D eigenvalue weighted by molar-refractivity contribution is 9.10. The SMILES string of the molecule is CCCCCCc1ccc(C2(c3ccc(N)cc3)c3cc(Br)ccc3-c3ccc(Br)cc32)cc1. The Labute approximate surface area is 219 Å². The number of nitrogen functional groups attached to an aromatic ring is 1. The molecular formula is C31H29Br2N. The number of benzene rings is 4. The van der Waals surface area contributed by atoms with Gasteiger partial charge in [0.15, 0.2) is 0 Å². The van der Waals surface area contributed by atoms with Gasteiger partial charge in [0.2, 0.25) is 0 Å². The summed E-state index contributed by atoms with van der Waals surface area (Å²) in [5.74, 6) is 0. The molecule has 0 heterocycles. The fraction of sp³-hybridized carbons (Fsp3) is 0.226. The van der Waals surface area contributed by atoms with E-state index in [1.807, 2.05) is 12.1 Å². The maximum Gasteiger partial charge on any atom is 0.0714 e. The van der Waals surface area contributed by atoms with Gasteiger partial charge in [-0.25, -0.2) is 0 Å². The largest absolute Gasteiger partial charge is 0.399 e. The lowest BCUT2D eigenvalue weighted by Gasteiger charge is -2.34. The molecule has 2 N–H and O–H groups in total. The van der Waals surface area contributed by atoms with Gasteiger partial charge in [0.1, 0.15) is 0 Å². The second-order valence-electron chi connectivity index (χ2n) is 9.26. The number of halogens is 2. The first-order valence-electron chi connectivity index (χ1n) is 12.1. The molecule has 0 saturated carbocycles. The van der Waals surface area contributed by atoms with Gasteiger partial charge in [0.05, 0.1) is 5.41 Å². The van der Waals surface area contributed by atoms with Gasteiger partial charge in [-0.15, -0.1) is 0 Å². The zero-order valence-corrected chi connectivity index (χ0v) is 22.6. The quantitative estimate of drug-likeness (QED) is 0.152. The fourth-order valence-corrected chi connectivity index (χ4v) is 6.19. The summed E-state index contributed by atoms with van der Waals surface area (Å²) in [4.78, 5) is 0. The maximum absolute atomic E-state index is 6.12. The standard InChI is InChI=1S/C31H29Br2N/c1-2-3-4-5-6-21-7-9-22(10-8-21)31(23-11-15-26(34)16-12-23)29-19-24(32)13-17-27(29)28-18-14-25(33)20-30(28)31/h7-20H,2-6,34H2,1H3. The lowest BCUT2D eigenvalue weighted by Crippen LogP contribution is -2.28. The zero-order chi connectivity index (χ0) is 23.7. The Kier molecular flexibility index (Phi) is 6.68. The van der Waals surface area contributed by atoms with E-state index in [1.54, 1.807) is 0 Å². The summed E-state index contributed by atoms with van der Waals surface area (Å²) in [5.41, 5.74) is 15.6. The van der Waals surface area contributed by atoms with Gasteiger partial charge < -0.3 is 5.73 Å². The molecule has 0 atom stereocenters. The van der Waals surface area contributed by atoms with Crippen LogP contribution in [0.3, 0.4) is 0 Å². The van der Waals surface area contributed by atoms with Crippen molar-refractivity contribution in [1.29, 1.82) is 0 Å². The lowest BCUT2D eigenvalue weighted by atomic mass is 9.67. The third kappa shape index (κ3) is 4.03. The molecule has 172 valence electrons. The summed E-state index contributed by atoms with van der Waals surface area (Å²) in [7, 11) is 0. The van der Waals surface area contributed by atoms with Crippen molar-refractivity contribution in [3.8, 4) is 11.1 Å². The molecule has 0 aromatic heterocycles. The number of aryl methyl sites for hydroxylation is 1. The number of anilines is 1. The number of unbranched alkanes of at least 4 members (excludes halogenated alkanes) is 3. The van der Waals surface area contributed by atoms with E-state index in [4.69, 9.17) is 5.73 Å². The highest BCUT2D eigenvalue weighted by Crippen LogP contribution is 2.57. The zero-order valence-electron chi connectivity index (χ0n) is 19.5. The predicted octanol–water partition coefficient (Wildman–Crippen LogP) is 9.28. The first-order valence-corrected chi connectivity index (χ1v) is 13.7. The first-order chi connectivity index (χ1) is 16.5. The second kappa shape index (κ2) is 9.71. The van der Waals surface area contributed by atoms with E-state index < -0.39 is 5.41 Å². The molecule has 1 aliphatic rings. The molecule has 0 saturated heterocycles. The molecule has 0 fully saturated rings. The predicted molar refractivity (Wildman–Crippen MR) is 151 cm³/mol. The molecule has 0 bridgehead atoms. The van der Waals surface area contributed by atoms with Crippen molar-refractivity contribution < 1.29 is 0 Å².